The maximum atomic E-state index is 5.73. The monoisotopic (exact) mass is 289 g/mol. The van der Waals surface area contributed by atoms with Crippen molar-refractivity contribution in [3.8, 4) is 0 Å². The number of nitrogens with zero attached hydrogens (tertiary/aromatic N) is 2. The molecule has 1 aromatic carbocycles. The highest BCUT2D eigenvalue weighted by molar-refractivity contribution is 7.09. The SMILES string of the molecule is CCCc1csc(CN(CCN)Cc2ccccc2)n1. The van der Waals surface area contributed by atoms with Crippen LogP contribution in [0.25, 0.3) is 0 Å². The van der Waals surface area contributed by atoms with Crippen molar-refractivity contribution >= 4 is 11.3 Å². The van der Waals surface area contributed by atoms with Gasteiger partial charge >= 0.3 is 0 Å². The van der Waals surface area contributed by atoms with Gasteiger partial charge in [0.15, 0.2) is 0 Å². The van der Waals surface area contributed by atoms with Gasteiger partial charge in [-0.15, -0.1) is 11.3 Å². The molecule has 20 heavy (non-hydrogen) atoms. The Labute approximate surface area is 125 Å². The molecule has 0 saturated heterocycles. The molecular formula is C16H23N3S. The van der Waals surface area contributed by atoms with Crippen LogP contribution in [0.2, 0.25) is 0 Å². The highest BCUT2D eigenvalue weighted by Gasteiger charge is 2.09. The molecule has 4 heteroatoms. The molecule has 1 heterocycles. The number of rotatable bonds is 8. The van der Waals surface area contributed by atoms with E-state index < -0.39 is 0 Å². The number of aryl methyl sites for hydroxylation is 1. The maximum Gasteiger partial charge on any atom is 0.107 e. The van der Waals surface area contributed by atoms with Crippen molar-refractivity contribution in [2.24, 2.45) is 5.73 Å². The van der Waals surface area contributed by atoms with E-state index >= 15 is 0 Å². The molecular weight excluding hydrogens is 266 g/mol. The van der Waals surface area contributed by atoms with Gasteiger partial charge in [-0.2, -0.15) is 0 Å². The van der Waals surface area contributed by atoms with Gasteiger partial charge in [0.25, 0.3) is 0 Å². The first-order valence-electron chi connectivity index (χ1n) is 7.21. The topological polar surface area (TPSA) is 42.1 Å². The van der Waals surface area contributed by atoms with Crippen LogP contribution in [-0.2, 0) is 19.5 Å². The van der Waals surface area contributed by atoms with Gasteiger partial charge in [0.05, 0.1) is 12.2 Å². The van der Waals surface area contributed by atoms with Gasteiger partial charge in [-0.25, -0.2) is 4.98 Å². The molecule has 2 aromatic rings. The summed E-state index contributed by atoms with van der Waals surface area (Å²) in [5, 5.41) is 3.37. The van der Waals surface area contributed by atoms with Gasteiger partial charge in [-0.1, -0.05) is 43.7 Å². The van der Waals surface area contributed by atoms with Crippen molar-refractivity contribution in [1.82, 2.24) is 9.88 Å². The van der Waals surface area contributed by atoms with E-state index in [0.29, 0.717) is 6.54 Å². The quantitative estimate of drug-likeness (QED) is 0.812. The zero-order chi connectivity index (χ0) is 14.2. The predicted octanol–water partition coefficient (Wildman–Crippen LogP) is 3.06. The van der Waals surface area contributed by atoms with Crippen LogP contribution in [0.4, 0.5) is 0 Å². The Bertz CT molecular complexity index is 495. The summed E-state index contributed by atoms with van der Waals surface area (Å²) < 4.78 is 0. The van der Waals surface area contributed by atoms with Crippen LogP contribution in [0.15, 0.2) is 35.7 Å². The van der Waals surface area contributed by atoms with Crippen LogP contribution in [0, 0.1) is 0 Å². The van der Waals surface area contributed by atoms with Crippen LogP contribution in [0.3, 0.4) is 0 Å². The fourth-order valence-electron chi connectivity index (χ4n) is 2.22. The van der Waals surface area contributed by atoms with Crippen LogP contribution >= 0.6 is 11.3 Å². The highest BCUT2D eigenvalue weighted by Crippen LogP contribution is 2.15. The Morgan fingerprint density at radius 2 is 2.00 bits per heavy atom. The minimum Gasteiger partial charge on any atom is -0.329 e. The number of hydrogen-bond acceptors (Lipinski definition) is 4. The van der Waals surface area contributed by atoms with Crippen LogP contribution in [0.5, 0.6) is 0 Å². The Balaban J connectivity index is 1.97. The summed E-state index contributed by atoms with van der Waals surface area (Å²) in [6.45, 7) is 5.59. The smallest absolute Gasteiger partial charge is 0.107 e. The van der Waals surface area contributed by atoms with Crippen molar-refractivity contribution in [2.75, 3.05) is 13.1 Å². The minimum absolute atomic E-state index is 0.681. The largest absolute Gasteiger partial charge is 0.329 e. The van der Waals surface area contributed by atoms with E-state index in [1.54, 1.807) is 11.3 Å². The van der Waals surface area contributed by atoms with Crippen LogP contribution in [0.1, 0.15) is 29.6 Å². The standard InChI is InChI=1S/C16H23N3S/c1-2-6-15-13-20-16(18-15)12-19(10-9-17)11-14-7-4-3-5-8-14/h3-5,7-8,13H,2,6,9-12,17H2,1H3. The van der Waals surface area contributed by atoms with Gasteiger partial charge in [-0.3, -0.25) is 4.90 Å². The number of nitrogens with two attached hydrogens (primary N) is 1. The average Bonchev–Trinajstić information content (AvgIpc) is 2.88. The number of thiazole rings is 1. The molecule has 0 saturated carbocycles. The first kappa shape index (κ1) is 15.2. The molecule has 0 aliphatic carbocycles. The molecule has 2 N–H and O–H groups in total. The molecule has 0 radical (unpaired) electrons. The summed E-state index contributed by atoms with van der Waals surface area (Å²) in [6, 6.07) is 10.5. The highest BCUT2D eigenvalue weighted by atomic mass is 32.1. The van der Waals surface area contributed by atoms with E-state index in [-0.39, 0.29) is 0 Å². The second-order valence-corrected chi connectivity index (χ2v) is 5.91. The summed E-state index contributed by atoms with van der Waals surface area (Å²) in [5.74, 6) is 0. The molecule has 2 rings (SSSR count). The maximum absolute atomic E-state index is 5.73. The van der Waals surface area contributed by atoms with E-state index in [2.05, 4.69) is 47.5 Å². The molecule has 0 aliphatic rings. The molecule has 0 aliphatic heterocycles. The van der Waals surface area contributed by atoms with Gasteiger partial charge in [-0.05, 0) is 12.0 Å². The van der Waals surface area contributed by atoms with Crippen molar-refractivity contribution in [3.63, 3.8) is 0 Å². The molecule has 0 atom stereocenters. The van der Waals surface area contributed by atoms with Gasteiger partial charge in [0, 0.05) is 25.0 Å². The molecule has 1 aromatic heterocycles. The van der Waals surface area contributed by atoms with E-state index in [4.69, 9.17) is 10.7 Å². The first-order chi connectivity index (χ1) is 9.81. The number of aromatic nitrogens is 1. The molecule has 3 nitrogen and oxygen atoms in total. The van der Waals surface area contributed by atoms with Crippen LogP contribution in [-0.4, -0.2) is 23.0 Å². The van der Waals surface area contributed by atoms with E-state index in [1.807, 2.05) is 0 Å². The zero-order valence-corrected chi connectivity index (χ0v) is 12.9. The Kier molecular flexibility index (Phi) is 6.18. The average molecular weight is 289 g/mol. The Morgan fingerprint density at radius 3 is 2.70 bits per heavy atom. The lowest BCUT2D eigenvalue weighted by atomic mass is 10.2. The first-order valence-corrected chi connectivity index (χ1v) is 8.09. The Hall–Kier alpha value is -1.23. The summed E-state index contributed by atoms with van der Waals surface area (Å²) in [4.78, 5) is 7.06. The van der Waals surface area contributed by atoms with E-state index in [9.17, 15) is 0 Å². The fourth-order valence-corrected chi connectivity index (χ4v) is 3.09. The third-order valence-electron chi connectivity index (χ3n) is 3.16. The molecule has 0 bridgehead atoms. The minimum atomic E-state index is 0.681. The summed E-state index contributed by atoms with van der Waals surface area (Å²) >= 11 is 1.76. The summed E-state index contributed by atoms with van der Waals surface area (Å²) in [6.07, 6.45) is 2.23. The molecule has 108 valence electrons. The van der Waals surface area contributed by atoms with Crippen LogP contribution < -0.4 is 5.73 Å². The van der Waals surface area contributed by atoms with E-state index in [0.717, 1.165) is 32.5 Å². The second kappa shape index (κ2) is 8.15. The molecule has 0 spiro atoms. The third kappa shape index (κ3) is 4.71. The van der Waals surface area contributed by atoms with E-state index in [1.165, 1.54) is 16.3 Å². The lowest BCUT2D eigenvalue weighted by molar-refractivity contribution is 0.264. The van der Waals surface area contributed by atoms with Crippen molar-refractivity contribution < 1.29 is 0 Å². The lowest BCUT2D eigenvalue weighted by Crippen LogP contribution is -2.28. The number of hydrogen-bond donors (Lipinski definition) is 1. The van der Waals surface area contributed by atoms with Crippen molar-refractivity contribution in [3.05, 3.63) is 52.0 Å². The van der Waals surface area contributed by atoms with Gasteiger partial charge in [0.1, 0.15) is 5.01 Å². The second-order valence-electron chi connectivity index (χ2n) is 4.97. The lowest BCUT2D eigenvalue weighted by Gasteiger charge is -2.20. The zero-order valence-electron chi connectivity index (χ0n) is 12.1. The van der Waals surface area contributed by atoms with Crippen molar-refractivity contribution in [2.45, 2.75) is 32.9 Å². The van der Waals surface area contributed by atoms with Crippen molar-refractivity contribution in [1.29, 1.82) is 0 Å². The summed E-state index contributed by atoms with van der Waals surface area (Å²) in [7, 11) is 0. The molecule has 0 unspecified atom stereocenters. The van der Waals surface area contributed by atoms with Gasteiger partial charge < -0.3 is 5.73 Å². The normalized spacial score (nSPS) is 11.2. The molecule has 0 fully saturated rings. The predicted molar refractivity (Wildman–Crippen MR) is 85.7 cm³/mol. The number of benzene rings is 1. The fraction of sp³-hybridized carbons (Fsp3) is 0.438. The Morgan fingerprint density at radius 1 is 1.20 bits per heavy atom. The molecule has 0 amide bonds. The van der Waals surface area contributed by atoms with Gasteiger partial charge in [0.2, 0.25) is 0 Å². The third-order valence-corrected chi connectivity index (χ3v) is 4.04. The summed E-state index contributed by atoms with van der Waals surface area (Å²) in [5.41, 5.74) is 8.28.